The van der Waals surface area contributed by atoms with Gasteiger partial charge in [-0.2, -0.15) is 0 Å². The molecule has 0 saturated heterocycles. The molecule has 4 rings (SSSR count). The van der Waals surface area contributed by atoms with E-state index in [2.05, 4.69) is 11.9 Å². The molecule has 8 nitrogen and oxygen atoms in total. The molecule has 0 amide bonds. The summed E-state index contributed by atoms with van der Waals surface area (Å²) in [6.07, 6.45) is 4.77. The van der Waals surface area contributed by atoms with Gasteiger partial charge in [0.05, 0.1) is 42.2 Å². The van der Waals surface area contributed by atoms with Crippen LogP contribution in [0.5, 0.6) is 11.5 Å². The van der Waals surface area contributed by atoms with E-state index in [1.165, 1.54) is 23.0 Å². The van der Waals surface area contributed by atoms with Crippen molar-refractivity contribution in [3.8, 4) is 11.5 Å². The van der Waals surface area contributed by atoms with E-state index in [1.807, 2.05) is 6.07 Å². The second kappa shape index (κ2) is 14.2. The van der Waals surface area contributed by atoms with Crippen LogP contribution in [0.15, 0.2) is 57.5 Å². The predicted molar refractivity (Wildman–Crippen MR) is 161 cm³/mol. The summed E-state index contributed by atoms with van der Waals surface area (Å²) >= 11 is 13.6. The number of hydrogen-bond acceptors (Lipinski definition) is 8. The number of ether oxygens (including phenoxy) is 4. The number of hydrogen-bond donors (Lipinski definition) is 0. The Morgan fingerprint density at radius 1 is 1.07 bits per heavy atom. The van der Waals surface area contributed by atoms with Gasteiger partial charge in [-0.3, -0.25) is 9.36 Å². The van der Waals surface area contributed by atoms with Gasteiger partial charge < -0.3 is 18.9 Å². The van der Waals surface area contributed by atoms with Gasteiger partial charge in [-0.05, 0) is 54.8 Å². The normalized spacial score (nSPS) is 15.0. The Morgan fingerprint density at radius 2 is 1.88 bits per heavy atom. The molecule has 0 bridgehead atoms. The first kappa shape index (κ1) is 30.8. The SMILES string of the molecule is CCCCCOc1ccc(C2C(C(=O)OCCOC)=C(C)N=c3sc(=Cc4ccc(Cl)cc4Cl)c(=O)n32)cc1OC. The Morgan fingerprint density at radius 3 is 2.59 bits per heavy atom. The minimum atomic E-state index is -0.813. The van der Waals surface area contributed by atoms with E-state index in [0.717, 1.165) is 19.3 Å². The lowest BCUT2D eigenvalue weighted by Gasteiger charge is -2.25. The highest BCUT2D eigenvalue weighted by molar-refractivity contribution is 7.07. The highest BCUT2D eigenvalue weighted by Gasteiger charge is 2.34. The van der Waals surface area contributed by atoms with E-state index in [1.54, 1.807) is 50.4 Å². The third kappa shape index (κ3) is 7.04. The van der Waals surface area contributed by atoms with Crippen molar-refractivity contribution in [2.24, 2.45) is 4.99 Å². The Labute approximate surface area is 252 Å². The number of carbonyl (C=O) groups excluding carboxylic acids is 1. The molecule has 0 spiro atoms. The molecule has 1 aromatic heterocycles. The Kier molecular flexibility index (Phi) is 10.7. The summed E-state index contributed by atoms with van der Waals surface area (Å²) in [4.78, 5) is 32.4. The molecule has 1 atom stereocenters. The van der Waals surface area contributed by atoms with Gasteiger partial charge in [-0.1, -0.05) is 66.4 Å². The van der Waals surface area contributed by atoms with Crippen molar-refractivity contribution in [2.45, 2.75) is 39.2 Å². The second-order valence-electron chi connectivity index (χ2n) is 9.34. The lowest BCUT2D eigenvalue weighted by Crippen LogP contribution is -2.40. The smallest absolute Gasteiger partial charge is 0.338 e. The first-order valence-electron chi connectivity index (χ1n) is 13.2. The fourth-order valence-corrected chi connectivity index (χ4v) is 5.96. The van der Waals surface area contributed by atoms with Crippen molar-refractivity contribution < 1.29 is 23.7 Å². The van der Waals surface area contributed by atoms with Gasteiger partial charge in [0, 0.05) is 17.2 Å². The van der Waals surface area contributed by atoms with Crippen LogP contribution in [0, 0.1) is 0 Å². The first-order valence-corrected chi connectivity index (χ1v) is 14.8. The number of benzene rings is 2. The summed E-state index contributed by atoms with van der Waals surface area (Å²) < 4.78 is 24.1. The summed E-state index contributed by atoms with van der Waals surface area (Å²) in [6, 6.07) is 9.67. The fraction of sp³-hybridized carbons (Fsp3) is 0.367. The van der Waals surface area contributed by atoms with E-state index < -0.39 is 12.0 Å². The summed E-state index contributed by atoms with van der Waals surface area (Å²) in [5.41, 5.74) is 1.67. The maximum Gasteiger partial charge on any atom is 0.338 e. The number of halogens is 2. The Bertz CT molecular complexity index is 1630. The second-order valence-corrected chi connectivity index (χ2v) is 11.2. The molecule has 41 heavy (non-hydrogen) atoms. The quantitative estimate of drug-likeness (QED) is 0.202. The van der Waals surface area contributed by atoms with E-state index in [4.69, 9.17) is 42.1 Å². The summed E-state index contributed by atoms with van der Waals surface area (Å²) in [7, 11) is 3.08. The molecular formula is C30H32Cl2N2O6S. The van der Waals surface area contributed by atoms with Crippen LogP contribution in [0.4, 0.5) is 0 Å². The number of methoxy groups -OCH3 is 2. The number of unbranched alkanes of at least 4 members (excludes halogenated alkanes) is 2. The lowest BCUT2D eigenvalue weighted by atomic mass is 9.95. The number of esters is 1. The molecule has 2 aromatic carbocycles. The standard InChI is InChI=1S/C30H32Cl2N2O6S/c1-5-6-7-12-39-23-11-9-20(15-24(23)38-4)27-26(29(36)40-14-13-37-3)18(2)33-30-34(27)28(35)25(41-30)16-19-8-10-21(31)17-22(19)32/h8-11,15-17,27H,5-7,12-14H2,1-4H3. The van der Waals surface area contributed by atoms with Gasteiger partial charge in [0.25, 0.3) is 5.56 Å². The fourth-order valence-electron chi connectivity index (χ4n) is 4.46. The summed E-state index contributed by atoms with van der Waals surface area (Å²) in [6.45, 7) is 4.72. The molecule has 1 aliphatic heterocycles. The average molecular weight is 620 g/mol. The van der Waals surface area contributed by atoms with Crippen molar-refractivity contribution in [1.82, 2.24) is 4.57 Å². The molecule has 0 saturated carbocycles. The number of rotatable bonds is 12. The van der Waals surface area contributed by atoms with Crippen molar-refractivity contribution in [1.29, 1.82) is 0 Å². The van der Waals surface area contributed by atoms with Gasteiger partial charge in [0.15, 0.2) is 16.3 Å². The Balaban J connectivity index is 1.85. The average Bonchev–Trinajstić information content (AvgIpc) is 3.26. The van der Waals surface area contributed by atoms with Crippen LogP contribution in [0.1, 0.15) is 50.3 Å². The topological polar surface area (TPSA) is 88.4 Å². The molecule has 0 fully saturated rings. The molecule has 0 N–H and O–H groups in total. The number of nitrogens with zero attached hydrogens (tertiary/aromatic N) is 2. The van der Waals surface area contributed by atoms with Crippen molar-refractivity contribution in [2.75, 3.05) is 34.0 Å². The molecule has 1 unspecified atom stereocenters. The predicted octanol–water partition coefficient (Wildman–Crippen LogP) is 5.31. The van der Waals surface area contributed by atoms with Gasteiger partial charge in [0.2, 0.25) is 0 Å². The molecule has 1 aliphatic rings. The van der Waals surface area contributed by atoms with Gasteiger partial charge >= 0.3 is 5.97 Å². The largest absolute Gasteiger partial charge is 0.493 e. The number of thiazole rings is 1. The van der Waals surface area contributed by atoms with E-state index in [-0.39, 0.29) is 24.3 Å². The van der Waals surface area contributed by atoms with Crippen LogP contribution >= 0.6 is 34.5 Å². The van der Waals surface area contributed by atoms with Gasteiger partial charge in [0.1, 0.15) is 6.61 Å². The highest BCUT2D eigenvalue weighted by atomic mass is 35.5. The van der Waals surface area contributed by atoms with Crippen LogP contribution in [-0.2, 0) is 14.3 Å². The van der Waals surface area contributed by atoms with E-state index in [9.17, 15) is 9.59 Å². The monoisotopic (exact) mass is 618 g/mol. The first-order chi connectivity index (χ1) is 19.8. The summed E-state index contributed by atoms with van der Waals surface area (Å²) in [5, 5.41) is 0.908. The molecular weight excluding hydrogens is 587 g/mol. The van der Waals surface area contributed by atoms with Crippen LogP contribution in [0.2, 0.25) is 10.0 Å². The van der Waals surface area contributed by atoms with Crippen LogP contribution in [0.25, 0.3) is 6.08 Å². The highest BCUT2D eigenvalue weighted by Crippen LogP contribution is 2.36. The van der Waals surface area contributed by atoms with Gasteiger partial charge in [-0.25, -0.2) is 9.79 Å². The third-order valence-electron chi connectivity index (χ3n) is 6.52. The maximum absolute atomic E-state index is 13.9. The molecule has 0 radical (unpaired) electrons. The van der Waals surface area contributed by atoms with Crippen molar-refractivity contribution in [3.63, 3.8) is 0 Å². The van der Waals surface area contributed by atoms with Crippen molar-refractivity contribution in [3.05, 3.63) is 88.5 Å². The van der Waals surface area contributed by atoms with E-state index >= 15 is 0 Å². The van der Waals surface area contributed by atoms with Crippen LogP contribution in [0.3, 0.4) is 0 Å². The van der Waals surface area contributed by atoms with Crippen LogP contribution in [-0.4, -0.2) is 44.6 Å². The minimum Gasteiger partial charge on any atom is -0.493 e. The maximum atomic E-state index is 13.9. The van der Waals surface area contributed by atoms with Gasteiger partial charge in [-0.15, -0.1) is 0 Å². The third-order valence-corrected chi connectivity index (χ3v) is 8.07. The minimum absolute atomic E-state index is 0.0617. The zero-order chi connectivity index (χ0) is 29.5. The summed E-state index contributed by atoms with van der Waals surface area (Å²) in [5.74, 6) is 0.500. The number of fused-ring (bicyclic) bond motifs is 1. The zero-order valence-electron chi connectivity index (χ0n) is 23.4. The van der Waals surface area contributed by atoms with Crippen LogP contribution < -0.4 is 24.4 Å². The molecule has 2 heterocycles. The lowest BCUT2D eigenvalue weighted by molar-refractivity contribution is -0.140. The zero-order valence-corrected chi connectivity index (χ0v) is 25.7. The Hall–Kier alpha value is -3.11. The molecule has 3 aromatic rings. The molecule has 0 aliphatic carbocycles. The number of aromatic nitrogens is 1. The number of carbonyl (C=O) groups is 1. The number of allylic oxidation sites excluding steroid dienone is 1. The molecule has 218 valence electrons. The molecule has 11 heteroatoms. The van der Waals surface area contributed by atoms with E-state index in [0.29, 0.717) is 54.3 Å². The van der Waals surface area contributed by atoms with Crippen molar-refractivity contribution >= 4 is 46.6 Å².